The fourth-order valence-electron chi connectivity index (χ4n) is 1.67. The number of halogens is 1. The van der Waals surface area contributed by atoms with Crippen LogP contribution in [0.4, 0.5) is 4.39 Å². The Bertz CT molecular complexity index is 534. The smallest absolute Gasteiger partial charge is 0.354 e. The van der Waals surface area contributed by atoms with E-state index in [2.05, 4.69) is 4.74 Å². The summed E-state index contributed by atoms with van der Waals surface area (Å²) in [5.74, 6) is -0.680. The van der Waals surface area contributed by atoms with Crippen molar-refractivity contribution in [2.24, 2.45) is 0 Å². The van der Waals surface area contributed by atoms with Crippen LogP contribution in [0.15, 0.2) is 42.6 Å². The fourth-order valence-corrected chi connectivity index (χ4v) is 1.67. The van der Waals surface area contributed by atoms with Crippen molar-refractivity contribution in [2.45, 2.75) is 6.54 Å². The second-order valence-corrected chi connectivity index (χ2v) is 3.64. The fraction of sp³-hybridized carbons (Fsp3) is 0.154. The molecule has 88 valence electrons. The Morgan fingerprint density at radius 3 is 2.88 bits per heavy atom. The lowest BCUT2D eigenvalue weighted by Gasteiger charge is -2.07. The van der Waals surface area contributed by atoms with E-state index in [0.717, 1.165) is 5.56 Å². The Morgan fingerprint density at radius 1 is 1.35 bits per heavy atom. The third-order valence-electron chi connectivity index (χ3n) is 2.47. The minimum Gasteiger partial charge on any atom is -0.464 e. The number of benzene rings is 1. The second-order valence-electron chi connectivity index (χ2n) is 3.64. The van der Waals surface area contributed by atoms with Gasteiger partial charge < -0.3 is 9.30 Å². The summed E-state index contributed by atoms with van der Waals surface area (Å²) in [6.07, 6.45) is 1.76. The van der Waals surface area contributed by atoms with Gasteiger partial charge in [0.2, 0.25) is 0 Å². The quantitative estimate of drug-likeness (QED) is 0.762. The molecule has 0 atom stereocenters. The van der Waals surface area contributed by atoms with Crippen molar-refractivity contribution in [3.63, 3.8) is 0 Å². The van der Waals surface area contributed by atoms with Gasteiger partial charge in [-0.25, -0.2) is 9.18 Å². The first kappa shape index (κ1) is 11.4. The van der Waals surface area contributed by atoms with Crippen LogP contribution in [0.5, 0.6) is 0 Å². The van der Waals surface area contributed by atoms with E-state index in [1.807, 2.05) is 6.07 Å². The second kappa shape index (κ2) is 4.82. The molecule has 0 saturated heterocycles. The van der Waals surface area contributed by atoms with Crippen LogP contribution < -0.4 is 0 Å². The van der Waals surface area contributed by atoms with Gasteiger partial charge in [-0.15, -0.1) is 0 Å². The molecule has 0 saturated carbocycles. The summed E-state index contributed by atoms with van der Waals surface area (Å²) < 4.78 is 19.4. The molecule has 17 heavy (non-hydrogen) atoms. The van der Waals surface area contributed by atoms with E-state index in [-0.39, 0.29) is 5.82 Å². The number of hydrogen-bond donors (Lipinski definition) is 0. The van der Waals surface area contributed by atoms with Crippen LogP contribution in [0.3, 0.4) is 0 Å². The van der Waals surface area contributed by atoms with Crippen molar-refractivity contribution in [3.8, 4) is 0 Å². The predicted molar refractivity (Wildman–Crippen MR) is 61.3 cm³/mol. The Labute approximate surface area is 98.4 Å². The first-order valence-corrected chi connectivity index (χ1v) is 5.18. The number of methoxy groups -OCH3 is 1. The van der Waals surface area contributed by atoms with E-state index in [0.29, 0.717) is 12.2 Å². The van der Waals surface area contributed by atoms with Gasteiger partial charge in [-0.05, 0) is 29.8 Å². The van der Waals surface area contributed by atoms with Crippen LogP contribution in [0.1, 0.15) is 16.1 Å². The first-order valence-electron chi connectivity index (χ1n) is 5.18. The molecule has 0 aliphatic carbocycles. The van der Waals surface area contributed by atoms with Gasteiger partial charge in [0.1, 0.15) is 11.5 Å². The third kappa shape index (κ3) is 2.53. The van der Waals surface area contributed by atoms with E-state index in [1.54, 1.807) is 29.0 Å². The zero-order valence-electron chi connectivity index (χ0n) is 9.39. The third-order valence-corrected chi connectivity index (χ3v) is 2.47. The molecule has 0 amide bonds. The van der Waals surface area contributed by atoms with Crippen LogP contribution >= 0.6 is 0 Å². The minimum atomic E-state index is -0.397. The molecule has 0 spiro atoms. The minimum absolute atomic E-state index is 0.283. The summed E-state index contributed by atoms with van der Waals surface area (Å²) in [5, 5.41) is 0. The average Bonchev–Trinajstić information content (AvgIpc) is 2.76. The number of carbonyl (C=O) groups is 1. The highest BCUT2D eigenvalue weighted by atomic mass is 19.1. The van der Waals surface area contributed by atoms with E-state index in [1.165, 1.54) is 19.2 Å². The van der Waals surface area contributed by atoms with E-state index < -0.39 is 5.97 Å². The Kier molecular flexibility index (Phi) is 3.23. The molecule has 1 heterocycles. The molecular weight excluding hydrogens is 221 g/mol. The van der Waals surface area contributed by atoms with Gasteiger partial charge in [0.05, 0.1) is 7.11 Å². The van der Waals surface area contributed by atoms with Crippen LogP contribution in [-0.4, -0.2) is 17.6 Å². The summed E-state index contributed by atoms with van der Waals surface area (Å²) in [5.41, 5.74) is 1.25. The lowest BCUT2D eigenvalue weighted by molar-refractivity contribution is 0.0589. The largest absolute Gasteiger partial charge is 0.464 e. The highest BCUT2D eigenvalue weighted by Crippen LogP contribution is 2.10. The Morgan fingerprint density at radius 2 is 2.18 bits per heavy atom. The Hall–Kier alpha value is -2.10. The zero-order chi connectivity index (χ0) is 12.3. The summed E-state index contributed by atoms with van der Waals surface area (Å²) in [4.78, 5) is 11.4. The molecule has 2 rings (SSSR count). The standard InChI is InChI=1S/C13H12FNO2/c1-17-13(16)12-6-3-7-15(12)9-10-4-2-5-11(14)8-10/h2-8H,9H2,1H3. The van der Waals surface area contributed by atoms with Crippen molar-refractivity contribution in [1.82, 2.24) is 4.57 Å². The summed E-state index contributed by atoms with van der Waals surface area (Å²) in [6.45, 7) is 0.440. The zero-order valence-corrected chi connectivity index (χ0v) is 9.39. The van der Waals surface area contributed by atoms with E-state index in [9.17, 15) is 9.18 Å². The molecule has 2 aromatic rings. The molecule has 0 unspecified atom stereocenters. The summed E-state index contributed by atoms with van der Waals surface area (Å²) in [7, 11) is 1.34. The van der Waals surface area contributed by atoms with Crippen LogP contribution in [0, 0.1) is 5.82 Å². The van der Waals surface area contributed by atoms with Gasteiger partial charge in [-0.3, -0.25) is 0 Å². The van der Waals surface area contributed by atoms with Gasteiger partial charge in [-0.2, -0.15) is 0 Å². The molecule has 1 aromatic carbocycles. The normalized spacial score (nSPS) is 10.2. The molecule has 0 N–H and O–H groups in total. The Balaban J connectivity index is 2.25. The number of rotatable bonds is 3. The molecule has 0 aliphatic rings. The van der Waals surface area contributed by atoms with Crippen molar-refractivity contribution >= 4 is 5.97 Å². The maximum atomic E-state index is 13.0. The van der Waals surface area contributed by atoms with E-state index >= 15 is 0 Å². The molecule has 4 heteroatoms. The topological polar surface area (TPSA) is 31.2 Å². The number of hydrogen-bond acceptors (Lipinski definition) is 2. The highest BCUT2D eigenvalue weighted by molar-refractivity contribution is 5.87. The van der Waals surface area contributed by atoms with E-state index in [4.69, 9.17) is 0 Å². The van der Waals surface area contributed by atoms with Gasteiger partial charge in [0, 0.05) is 12.7 Å². The number of nitrogens with zero attached hydrogens (tertiary/aromatic N) is 1. The maximum Gasteiger partial charge on any atom is 0.354 e. The average molecular weight is 233 g/mol. The van der Waals surface area contributed by atoms with Crippen LogP contribution in [0.2, 0.25) is 0 Å². The van der Waals surface area contributed by atoms with Gasteiger partial charge >= 0.3 is 5.97 Å². The van der Waals surface area contributed by atoms with Gasteiger partial charge in [-0.1, -0.05) is 12.1 Å². The van der Waals surface area contributed by atoms with Crippen molar-refractivity contribution in [1.29, 1.82) is 0 Å². The molecule has 0 bridgehead atoms. The highest BCUT2D eigenvalue weighted by Gasteiger charge is 2.10. The molecule has 0 fully saturated rings. The first-order chi connectivity index (χ1) is 8.20. The number of ether oxygens (including phenoxy) is 1. The van der Waals surface area contributed by atoms with Gasteiger partial charge in [0.15, 0.2) is 0 Å². The summed E-state index contributed by atoms with van der Waals surface area (Å²) >= 11 is 0. The number of carbonyl (C=O) groups excluding carboxylic acids is 1. The maximum absolute atomic E-state index is 13.0. The van der Waals surface area contributed by atoms with Crippen molar-refractivity contribution < 1.29 is 13.9 Å². The molecule has 0 aliphatic heterocycles. The molecular formula is C13H12FNO2. The number of esters is 1. The molecule has 1 aromatic heterocycles. The monoisotopic (exact) mass is 233 g/mol. The lowest BCUT2D eigenvalue weighted by Crippen LogP contribution is -2.10. The number of aromatic nitrogens is 1. The molecule has 0 radical (unpaired) electrons. The molecule has 3 nitrogen and oxygen atoms in total. The SMILES string of the molecule is COC(=O)c1cccn1Cc1cccc(F)c1. The van der Waals surface area contributed by atoms with Crippen molar-refractivity contribution in [2.75, 3.05) is 7.11 Å². The van der Waals surface area contributed by atoms with Crippen LogP contribution in [0.25, 0.3) is 0 Å². The predicted octanol–water partition coefficient (Wildman–Crippen LogP) is 2.46. The van der Waals surface area contributed by atoms with Crippen molar-refractivity contribution in [3.05, 3.63) is 59.7 Å². The summed E-state index contributed by atoms with van der Waals surface area (Å²) in [6, 6.07) is 9.72. The van der Waals surface area contributed by atoms with Crippen LogP contribution in [-0.2, 0) is 11.3 Å². The van der Waals surface area contributed by atoms with Gasteiger partial charge in [0.25, 0.3) is 0 Å². The lowest BCUT2D eigenvalue weighted by atomic mass is 10.2.